The van der Waals surface area contributed by atoms with Gasteiger partial charge in [-0.05, 0) is 31.6 Å². The zero-order valence-electron chi connectivity index (χ0n) is 9.79. The van der Waals surface area contributed by atoms with Gasteiger partial charge in [0, 0.05) is 0 Å². The minimum absolute atomic E-state index is 0.241. The minimum atomic E-state index is -0.534. The van der Waals surface area contributed by atoms with Gasteiger partial charge in [0.1, 0.15) is 0 Å². The Hall–Kier alpha value is -1.84. The SMILES string of the molecule is COC(=O)C1=CC(=C(C)C)C=C1C(=O)OC. The number of methoxy groups -OCH3 is 2. The first kappa shape index (κ1) is 12.2. The fraction of sp³-hybridized carbons (Fsp3) is 0.333. The summed E-state index contributed by atoms with van der Waals surface area (Å²) >= 11 is 0. The van der Waals surface area contributed by atoms with Crippen molar-refractivity contribution in [1.29, 1.82) is 0 Å². The Balaban J connectivity index is 3.21. The summed E-state index contributed by atoms with van der Waals surface area (Å²) in [6, 6.07) is 0. The second kappa shape index (κ2) is 4.79. The predicted molar refractivity (Wildman–Crippen MR) is 58.6 cm³/mol. The summed E-state index contributed by atoms with van der Waals surface area (Å²) in [6.45, 7) is 3.80. The molecule has 0 saturated heterocycles. The average Bonchev–Trinajstić information content (AvgIpc) is 2.71. The Morgan fingerprint density at radius 3 is 1.56 bits per heavy atom. The molecule has 0 amide bonds. The zero-order chi connectivity index (χ0) is 12.3. The number of hydrogen-bond donors (Lipinski definition) is 0. The normalized spacial score (nSPS) is 14.1. The van der Waals surface area contributed by atoms with Gasteiger partial charge in [0.05, 0.1) is 25.4 Å². The first-order chi connectivity index (χ1) is 7.51. The number of hydrogen-bond acceptors (Lipinski definition) is 4. The number of rotatable bonds is 2. The van der Waals surface area contributed by atoms with Crippen LogP contribution in [0.15, 0.2) is 34.4 Å². The first-order valence-corrected chi connectivity index (χ1v) is 4.79. The van der Waals surface area contributed by atoms with Crippen molar-refractivity contribution < 1.29 is 19.1 Å². The lowest BCUT2D eigenvalue weighted by molar-refractivity contribution is -0.139. The molecule has 0 aromatic carbocycles. The van der Waals surface area contributed by atoms with E-state index in [1.807, 2.05) is 13.8 Å². The van der Waals surface area contributed by atoms with E-state index in [2.05, 4.69) is 9.47 Å². The highest BCUT2D eigenvalue weighted by molar-refractivity contribution is 6.09. The van der Waals surface area contributed by atoms with Gasteiger partial charge in [0.15, 0.2) is 0 Å². The third-order valence-corrected chi connectivity index (χ3v) is 2.28. The maximum absolute atomic E-state index is 11.5. The predicted octanol–water partition coefficient (Wildman–Crippen LogP) is 1.54. The second-order valence-electron chi connectivity index (χ2n) is 3.55. The lowest BCUT2D eigenvalue weighted by atomic mass is 10.1. The molecule has 0 spiro atoms. The van der Waals surface area contributed by atoms with Crippen LogP contribution in [0.4, 0.5) is 0 Å². The van der Waals surface area contributed by atoms with Crippen molar-refractivity contribution in [3.63, 3.8) is 0 Å². The molecule has 0 aliphatic heterocycles. The summed E-state index contributed by atoms with van der Waals surface area (Å²) in [5, 5.41) is 0. The van der Waals surface area contributed by atoms with E-state index >= 15 is 0 Å². The average molecular weight is 222 g/mol. The van der Waals surface area contributed by atoms with E-state index in [1.165, 1.54) is 14.2 Å². The van der Waals surface area contributed by atoms with Crippen molar-refractivity contribution in [2.45, 2.75) is 13.8 Å². The van der Waals surface area contributed by atoms with E-state index in [0.29, 0.717) is 0 Å². The summed E-state index contributed by atoms with van der Waals surface area (Å²) in [7, 11) is 2.55. The largest absolute Gasteiger partial charge is 0.465 e. The van der Waals surface area contributed by atoms with E-state index in [0.717, 1.165) is 11.1 Å². The molecule has 0 atom stereocenters. The van der Waals surface area contributed by atoms with Gasteiger partial charge in [-0.15, -0.1) is 0 Å². The highest BCUT2D eigenvalue weighted by Gasteiger charge is 2.26. The van der Waals surface area contributed by atoms with Gasteiger partial charge >= 0.3 is 11.9 Å². The number of carbonyl (C=O) groups is 2. The highest BCUT2D eigenvalue weighted by Crippen LogP contribution is 2.27. The maximum atomic E-state index is 11.5. The van der Waals surface area contributed by atoms with Crippen LogP contribution in [-0.2, 0) is 19.1 Å². The molecule has 0 unspecified atom stereocenters. The Bertz CT molecular complexity index is 386. The summed E-state index contributed by atoms with van der Waals surface area (Å²) in [5.41, 5.74) is 2.33. The molecule has 1 aliphatic rings. The van der Waals surface area contributed by atoms with E-state index in [4.69, 9.17) is 0 Å². The molecular formula is C12H14O4. The lowest BCUT2D eigenvalue weighted by Gasteiger charge is -2.03. The van der Waals surface area contributed by atoms with Crippen LogP contribution < -0.4 is 0 Å². The first-order valence-electron chi connectivity index (χ1n) is 4.79. The topological polar surface area (TPSA) is 52.6 Å². The number of esters is 2. The van der Waals surface area contributed by atoms with Gasteiger partial charge in [0.2, 0.25) is 0 Å². The van der Waals surface area contributed by atoms with E-state index < -0.39 is 11.9 Å². The van der Waals surface area contributed by atoms with Crippen LogP contribution in [0.1, 0.15) is 13.8 Å². The van der Waals surface area contributed by atoms with Crippen molar-refractivity contribution >= 4 is 11.9 Å². The molecule has 86 valence electrons. The summed E-state index contributed by atoms with van der Waals surface area (Å²) in [5.74, 6) is -1.07. The highest BCUT2D eigenvalue weighted by atomic mass is 16.5. The number of ether oxygens (including phenoxy) is 2. The summed E-state index contributed by atoms with van der Waals surface area (Å²) in [4.78, 5) is 22.9. The smallest absolute Gasteiger partial charge is 0.338 e. The van der Waals surface area contributed by atoms with Gasteiger partial charge in [-0.1, -0.05) is 5.57 Å². The Labute approximate surface area is 94.2 Å². The molecule has 1 aliphatic carbocycles. The van der Waals surface area contributed by atoms with Crippen LogP contribution in [0, 0.1) is 0 Å². The van der Waals surface area contributed by atoms with Gasteiger partial charge in [-0.2, -0.15) is 0 Å². The van der Waals surface area contributed by atoms with Crippen LogP contribution in [0.5, 0.6) is 0 Å². The zero-order valence-corrected chi connectivity index (χ0v) is 9.79. The van der Waals surface area contributed by atoms with Crippen LogP contribution in [0.3, 0.4) is 0 Å². The third-order valence-electron chi connectivity index (χ3n) is 2.28. The van der Waals surface area contributed by atoms with Gasteiger partial charge in [-0.25, -0.2) is 9.59 Å². The van der Waals surface area contributed by atoms with Crippen molar-refractivity contribution in [3.8, 4) is 0 Å². The van der Waals surface area contributed by atoms with Crippen LogP contribution in [-0.4, -0.2) is 26.2 Å². The molecule has 1 rings (SSSR count). The van der Waals surface area contributed by atoms with Crippen molar-refractivity contribution in [2.75, 3.05) is 14.2 Å². The van der Waals surface area contributed by atoms with Crippen LogP contribution in [0.2, 0.25) is 0 Å². The number of carbonyl (C=O) groups excluding carboxylic acids is 2. The minimum Gasteiger partial charge on any atom is -0.465 e. The Kier molecular flexibility index (Phi) is 3.66. The van der Waals surface area contributed by atoms with Gasteiger partial charge < -0.3 is 9.47 Å². The molecule has 0 radical (unpaired) electrons. The summed E-state index contributed by atoms with van der Waals surface area (Å²) in [6.07, 6.45) is 3.26. The fourth-order valence-electron chi connectivity index (χ4n) is 1.35. The quantitative estimate of drug-likeness (QED) is 0.665. The van der Waals surface area contributed by atoms with E-state index in [9.17, 15) is 9.59 Å². The third kappa shape index (κ3) is 2.21. The van der Waals surface area contributed by atoms with Gasteiger partial charge in [-0.3, -0.25) is 0 Å². The van der Waals surface area contributed by atoms with Crippen molar-refractivity contribution in [1.82, 2.24) is 0 Å². The fourth-order valence-corrected chi connectivity index (χ4v) is 1.35. The lowest BCUT2D eigenvalue weighted by Crippen LogP contribution is -2.12. The Morgan fingerprint density at radius 2 is 1.31 bits per heavy atom. The molecule has 4 heteroatoms. The van der Waals surface area contributed by atoms with Gasteiger partial charge in [0.25, 0.3) is 0 Å². The van der Waals surface area contributed by atoms with E-state index in [-0.39, 0.29) is 11.1 Å². The molecule has 0 N–H and O–H groups in total. The second-order valence-corrected chi connectivity index (χ2v) is 3.55. The molecule has 0 aromatic heterocycles. The molecular weight excluding hydrogens is 208 g/mol. The van der Waals surface area contributed by atoms with Crippen molar-refractivity contribution in [2.24, 2.45) is 0 Å². The molecule has 0 saturated carbocycles. The van der Waals surface area contributed by atoms with Crippen LogP contribution in [0.25, 0.3) is 0 Å². The monoisotopic (exact) mass is 222 g/mol. The molecule has 0 bridgehead atoms. The number of allylic oxidation sites excluding steroid dienone is 4. The molecule has 16 heavy (non-hydrogen) atoms. The summed E-state index contributed by atoms with van der Waals surface area (Å²) < 4.78 is 9.22. The molecule has 0 fully saturated rings. The van der Waals surface area contributed by atoms with Crippen molar-refractivity contribution in [3.05, 3.63) is 34.4 Å². The molecule has 4 nitrogen and oxygen atoms in total. The standard InChI is InChI=1S/C12H14O4/c1-7(2)8-5-9(11(13)15-3)10(6-8)12(14)16-4/h5-6H,1-4H3. The van der Waals surface area contributed by atoms with E-state index in [1.54, 1.807) is 12.2 Å². The molecule has 0 aromatic rings. The maximum Gasteiger partial charge on any atom is 0.338 e. The Morgan fingerprint density at radius 1 is 0.938 bits per heavy atom. The molecule has 0 heterocycles. The van der Waals surface area contributed by atoms with Crippen LogP contribution >= 0.6 is 0 Å².